The third-order valence-corrected chi connectivity index (χ3v) is 2.65. The van der Waals surface area contributed by atoms with Crippen molar-refractivity contribution < 1.29 is 9.59 Å². The predicted molar refractivity (Wildman–Crippen MR) is 68.5 cm³/mol. The number of carbonyl (C=O) groups excluding carboxylic acids is 2. The summed E-state index contributed by atoms with van der Waals surface area (Å²) in [5.41, 5.74) is 5.39. The second-order valence-electron chi connectivity index (χ2n) is 4.30. The molecule has 0 rings (SSSR count). The highest BCUT2D eigenvalue weighted by molar-refractivity contribution is 5.84. The monoisotopic (exact) mass is 243 g/mol. The second kappa shape index (κ2) is 8.98. The fraction of sp³-hybridized carbons (Fsp3) is 0.833. The maximum Gasteiger partial charge on any atom is 0.241 e. The van der Waals surface area contributed by atoms with Crippen molar-refractivity contribution >= 4 is 11.8 Å². The average molecular weight is 243 g/mol. The molecule has 0 aliphatic rings. The van der Waals surface area contributed by atoms with E-state index >= 15 is 0 Å². The topological polar surface area (TPSA) is 66.6 Å². The average Bonchev–Trinajstić information content (AvgIpc) is 2.30. The van der Waals surface area contributed by atoms with Crippen molar-refractivity contribution in [2.75, 3.05) is 33.7 Å². The van der Waals surface area contributed by atoms with Crippen LogP contribution in [0.2, 0.25) is 0 Å². The van der Waals surface area contributed by atoms with Gasteiger partial charge in [-0.15, -0.1) is 0 Å². The van der Waals surface area contributed by atoms with Gasteiger partial charge in [-0.2, -0.15) is 0 Å². The van der Waals surface area contributed by atoms with Crippen LogP contribution in [0.3, 0.4) is 0 Å². The first kappa shape index (κ1) is 15.9. The lowest BCUT2D eigenvalue weighted by molar-refractivity contribution is -0.139. The molecule has 2 N–H and O–H groups in total. The van der Waals surface area contributed by atoms with Crippen molar-refractivity contribution in [2.24, 2.45) is 5.73 Å². The molecule has 0 aliphatic carbocycles. The molecular formula is C12H25N3O2. The Morgan fingerprint density at radius 2 is 1.71 bits per heavy atom. The zero-order valence-corrected chi connectivity index (χ0v) is 11.2. The smallest absolute Gasteiger partial charge is 0.241 e. The summed E-state index contributed by atoms with van der Waals surface area (Å²) in [5, 5.41) is 0. The molecule has 0 bridgehead atoms. The maximum atomic E-state index is 11.8. The first-order chi connectivity index (χ1) is 8.02. The van der Waals surface area contributed by atoms with Crippen molar-refractivity contribution in [1.82, 2.24) is 9.80 Å². The Morgan fingerprint density at radius 3 is 2.18 bits per heavy atom. The summed E-state index contributed by atoms with van der Waals surface area (Å²) in [4.78, 5) is 26.4. The van der Waals surface area contributed by atoms with E-state index in [2.05, 4.69) is 0 Å². The van der Waals surface area contributed by atoms with Crippen molar-refractivity contribution in [1.29, 1.82) is 0 Å². The highest BCUT2D eigenvalue weighted by Crippen LogP contribution is 2.03. The van der Waals surface area contributed by atoms with Crippen molar-refractivity contribution in [3.05, 3.63) is 0 Å². The number of hydrogen-bond acceptors (Lipinski definition) is 3. The molecule has 0 unspecified atom stereocenters. The molecule has 0 aromatic heterocycles. The first-order valence-corrected chi connectivity index (χ1v) is 6.20. The summed E-state index contributed by atoms with van der Waals surface area (Å²) in [6.45, 7) is 3.32. The summed E-state index contributed by atoms with van der Waals surface area (Å²) in [6.07, 6.45) is 3.29. The van der Waals surface area contributed by atoms with Crippen LogP contribution >= 0.6 is 0 Å². The Bertz CT molecular complexity index is 242. The van der Waals surface area contributed by atoms with Gasteiger partial charge >= 0.3 is 0 Å². The van der Waals surface area contributed by atoms with Crippen LogP contribution in [0.1, 0.15) is 32.6 Å². The van der Waals surface area contributed by atoms with E-state index in [1.807, 2.05) is 6.92 Å². The number of nitrogens with zero attached hydrogens (tertiary/aromatic N) is 2. The first-order valence-electron chi connectivity index (χ1n) is 6.20. The van der Waals surface area contributed by atoms with Crippen LogP contribution in [0.15, 0.2) is 0 Å². The summed E-state index contributed by atoms with van der Waals surface area (Å²) < 4.78 is 0. The molecule has 0 fully saturated rings. The van der Waals surface area contributed by atoms with Crippen LogP contribution in [0.4, 0.5) is 0 Å². The van der Waals surface area contributed by atoms with Gasteiger partial charge in [0.05, 0.1) is 6.54 Å². The Hall–Kier alpha value is -1.10. The standard InChI is InChI=1S/C12H25N3O2/c1-4-15(10-12(17)14(2)3)11(16)8-6-5-7-9-13/h4-10,13H2,1-3H3. The Balaban J connectivity index is 3.99. The molecule has 0 saturated heterocycles. The van der Waals surface area contributed by atoms with E-state index < -0.39 is 0 Å². The molecular weight excluding hydrogens is 218 g/mol. The summed E-state index contributed by atoms with van der Waals surface area (Å²) in [5.74, 6) is 0.0156. The molecule has 0 radical (unpaired) electrons. The molecule has 0 spiro atoms. The van der Waals surface area contributed by atoms with E-state index in [1.54, 1.807) is 19.0 Å². The number of carbonyl (C=O) groups is 2. The van der Waals surface area contributed by atoms with Gasteiger partial charge in [-0.1, -0.05) is 6.42 Å². The van der Waals surface area contributed by atoms with Crippen molar-refractivity contribution in [3.63, 3.8) is 0 Å². The summed E-state index contributed by atoms with van der Waals surface area (Å²) >= 11 is 0. The van der Waals surface area contributed by atoms with Gasteiger partial charge in [0, 0.05) is 27.1 Å². The molecule has 0 aromatic rings. The predicted octanol–water partition coefficient (Wildman–Crippen LogP) is 0.442. The maximum absolute atomic E-state index is 11.8. The lowest BCUT2D eigenvalue weighted by Gasteiger charge is -2.22. The van der Waals surface area contributed by atoms with Gasteiger partial charge in [0.15, 0.2) is 0 Å². The van der Waals surface area contributed by atoms with Crippen LogP contribution in [0.5, 0.6) is 0 Å². The summed E-state index contributed by atoms with van der Waals surface area (Å²) in [7, 11) is 3.39. The normalized spacial score (nSPS) is 10.1. The third-order valence-electron chi connectivity index (χ3n) is 2.65. The molecule has 17 heavy (non-hydrogen) atoms. The zero-order chi connectivity index (χ0) is 13.3. The third kappa shape index (κ3) is 6.94. The number of rotatable bonds is 8. The molecule has 0 saturated carbocycles. The minimum absolute atomic E-state index is 0.0397. The van der Waals surface area contributed by atoms with E-state index in [-0.39, 0.29) is 18.4 Å². The number of unbranched alkanes of at least 4 members (excludes halogenated alkanes) is 2. The Labute approximate surface area is 104 Å². The number of likely N-dealkylation sites (N-methyl/N-ethyl adjacent to an activating group) is 2. The number of hydrogen-bond donors (Lipinski definition) is 1. The molecule has 0 heterocycles. The van der Waals surface area contributed by atoms with Gasteiger partial charge in [0.1, 0.15) is 0 Å². The van der Waals surface area contributed by atoms with Gasteiger partial charge < -0.3 is 15.5 Å². The van der Waals surface area contributed by atoms with Gasteiger partial charge in [-0.25, -0.2) is 0 Å². The minimum Gasteiger partial charge on any atom is -0.347 e. The van der Waals surface area contributed by atoms with E-state index in [0.29, 0.717) is 19.5 Å². The van der Waals surface area contributed by atoms with E-state index in [1.165, 1.54) is 4.90 Å². The molecule has 0 atom stereocenters. The van der Waals surface area contributed by atoms with Crippen LogP contribution in [0.25, 0.3) is 0 Å². The molecule has 100 valence electrons. The fourth-order valence-electron chi connectivity index (χ4n) is 1.44. The van der Waals surface area contributed by atoms with Crippen molar-refractivity contribution in [2.45, 2.75) is 32.6 Å². The van der Waals surface area contributed by atoms with Crippen LogP contribution in [0, 0.1) is 0 Å². The van der Waals surface area contributed by atoms with Crippen LogP contribution in [-0.2, 0) is 9.59 Å². The second-order valence-corrected chi connectivity index (χ2v) is 4.30. The minimum atomic E-state index is -0.0397. The van der Waals surface area contributed by atoms with Crippen LogP contribution in [-0.4, -0.2) is 55.3 Å². The van der Waals surface area contributed by atoms with Gasteiger partial charge in [-0.3, -0.25) is 9.59 Å². The quantitative estimate of drug-likeness (QED) is 0.629. The Kier molecular flexibility index (Phi) is 8.40. The van der Waals surface area contributed by atoms with E-state index in [0.717, 1.165) is 19.3 Å². The molecule has 0 aromatic carbocycles. The lowest BCUT2D eigenvalue weighted by atomic mass is 10.2. The highest BCUT2D eigenvalue weighted by Gasteiger charge is 2.15. The molecule has 0 aliphatic heterocycles. The number of amides is 2. The summed E-state index contributed by atoms with van der Waals surface area (Å²) in [6, 6.07) is 0. The zero-order valence-electron chi connectivity index (χ0n) is 11.2. The molecule has 2 amide bonds. The fourth-order valence-corrected chi connectivity index (χ4v) is 1.44. The number of nitrogens with two attached hydrogens (primary N) is 1. The van der Waals surface area contributed by atoms with Gasteiger partial charge in [0.2, 0.25) is 11.8 Å². The SMILES string of the molecule is CCN(CC(=O)N(C)C)C(=O)CCCCCN. The van der Waals surface area contributed by atoms with Crippen LogP contribution < -0.4 is 5.73 Å². The van der Waals surface area contributed by atoms with E-state index in [4.69, 9.17) is 5.73 Å². The van der Waals surface area contributed by atoms with Gasteiger partial charge in [0.25, 0.3) is 0 Å². The largest absolute Gasteiger partial charge is 0.347 e. The van der Waals surface area contributed by atoms with Crippen molar-refractivity contribution in [3.8, 4) is 0 Å². The molecule has 5 heteroatoms. The lowest BCUT2D eigenvalue weighted by Crippen LogP contribution is -2.40. The highest BCUT2D eigenvalue weighted by atomic mass is 16.2. The molecule has 5 nitrogen and oxygen atoms in total. The van der Waals surface area contributed by atoms with E-state index in [9.17, 15) is 9.59 Å². The Morgan fingerprint density at radius 1 is 1.06 bits per heavy atom. The van der Waals surface area contributed by atoms with Gasteiger partial charge in [-0.05, 0) is 26.3 Å².